The van der Waals surface area contributed by atoms with Crippen molar-refractivity contribution in [1.29, 1.82) is 0 Å². The molecule has 1 heterocycles. The molecule has 4 amide bonds. The topological polar surface area (TPSA) is 121 Å². The highest BCUT2D eigenvalue weighted by Gasteiger charge is 2.43. The third-order valence-electron chi connectivity index (χ3n) is 4.29. The lowest BCUT2D eigenvalue weighted by molar-refractivity contribution is -0.123. The van der Waals surface area contributed by atoms with Gasteiger partial charge in [0.1, 0.15) is 5.54 Å². The Balaban J connectivity index is 1.81. The summed E-state index contributed by atoms with van der Waals surface area (Å²) in [4.78, 5) is 36.0. The van der Waals surface area contributed by atoms with Crippen LogP contribution in [-0.2, 0) is 20.2 Å². The SMILES string of the molecule is C[C@@]1(c2cccc(NC(=O)c3ccc(S(C)(=O)=O)cc3)c2)NC(=O)NC1=O. The van der Waals surface area contributed by atoms with E-state index in [9.17, 15) is 22.8 Å². The maximum Gasteiger partial charge on any atom is 0.322 e. The van der Waals surface area contributed by atoms with Crippen LogP contribution in [0.5, 0.6) is 0 Å². The summed E-state index contributed by atoms with van der Waals surface area (Å²) in [5.74, 6) is -0.912. The molecule has 1 aliphatic rings. The van der Waals surface area contributed by atoms with Gasteiger partial charge in [0.2, 0.25) is 0 Å². The Hall–Kier alpha value is -3.20. The molecule has 2 aromatic carbocycles. The van der Waals surface area contributed by atoms with Crippen molar-refractivity contribution in [1.82, 2.24) is 10.6 Å². The second-order valence-corrected chi connectivity index (χ2v) is 8.38. The average molecular weight is 387 g/mol. The van der Waals surface area contributed by atoms with Crippen LogP contribution >= 0.6 is 0 Å². The highest BCUT2D eigenvalue weighted by atomic mass is 32.2. The summed E-state index contributed by atoms with van der Waals surface area (Å²) in [6, 6.07) is 11.5. The molecule has 8 nitrogen and oxygen atoms in total. The Morgan fingerprint density at radius 2 is 1.74 bits per heavy atom. The molecule has 0 saturated carbocycles. The predicted octanol–water partition coefficient (Wildman–Crippen LogP) is 1.40. The number of hydrogen-bond donors (Lipinski definition) is 3. The van der Waals surface area contributed by atoms with Crippen LogP contribution in [0.1, 0.15) is 22.8 Å². The lowest BCUT2D eigenvalue weighted by atomic mass is 9.92. The molecular weight excluding hydrogens is 370 g/mol. The number of imide groups is 1. The fourth-order valence-corrected chi connectivity index (χ4v) is 3.34. The van der Waals surface area contributed by atoms with Crippen LogP contribution in [0, 0.1) is 0 Å². The van der Waals surface area contributed by atoms with E-state index in [4.69, 9.17) is 0 Å². The third kappa shape index (κ3) is 3.68. The van der Waals surface area contributed by atoms with Gasteiger partial charge in [0, 0.05) is 17.5 Å². The van der Waals surface area contributed by atoms with Gasteiger partial charge in [-0.3, -0.25) is 14.9 Å². The number of hydrogen-bond acceptors (Lipinski definition) is 5. The van der Waals surface area contributed by atoms with Crippen LogP contribution < -0.4 is 16.0 Å². The quantitative estimate of drug-likeness (QED) is 0.685. The van der Waals surface area contributed by atoms with Crippen molar-refractivity contribution >= 4 is 33.4 Å². The molecule has 9 heteroatoms. The molecule has 3 N–H and O–H groups in total. The molecule has 0 aliphatic carbocycles. The molecule has 0 unspecified atom stereocenters. The number of urea groups is 1. The summed E-state index contributed by atoms with van der Waals surface area (Å²) in [6.45, 7) is 1.57. The van der Waals surface area contributed by atoms with E-state index in [0.29, 0.717) is 11.3 Å². The molecule has 0 aromatic heterocycles. The molecule has 0 spiro atoms. The van der Waals surface area contributed by atoms with Crippen LogP contribution in [0.3, 0.4) is 0 Å². The van der Waals surface area contributed by atoms with Crippen LogP contribution in [0.4, 0.5) is 10.5 Å². The van der Waals surface area contributed by atoms with E-state index in [1.807, 2.05) is 0 Å². The van der Waals surface area contributed by atoms with Crippen LogP contribution in [0.25, 0.3) is 0 Å². The van der Waals surface area contributed by atoms with E-state index >= 15 is 0 Å². The fraction of sp³-hybridized carbons (Fsp3) is 0.167. The Morgan fingerprint density at radius 1 is 1.07 bits per heavy atom. The number of anilines is 1. The molecule has 1 atom stereocenters. The summed E-state index contributed by atoms with van der Waals surface area (Å²) in [7, 11) is -3.34. The number of benzene rings is 2. The van der Waals surface area contributed by atoms with Gasteiger partial charge >= 0.3 is 6.03 Å². The Bertz CT molecular complexity index is 1050. The van der Waals surface area contributed by atoms with Crippen molar-refractivity contribution in [2.75, 3.05) is 11.6 Å². The van der Waals surface area contributed by atoms with Gasteiger partial charge in [-0.1, -0.05) is 12.1 Å². The van der Waals surface area contributed by atoms with Crippen molar-refractivity contribution < 1.29 is 22.8 Å². The Morgan fingerprint density at radius 3 is 2.30 bits per heavy atom. The van der Waals surface area contributed by atoms with Crippen LogP contribution in [0.15, 0.2) is 53.4 Å². The number of carbonyl (C=O) groups is 3. The minimum absolute atomic E-state index is 0.122. The van der Waals surface area contributed by atoms with Gasteiger partial charge in [-0.2, -0.15) is 0 Å². The first-order valence-electron chi connectivity index (χ1n) is 7.95. The molecule has 1 saturated heterocycles. The second-order valence-electron chi connectivity index (χ2n) is 6.36. The second kappa shape index (κ2) is 6.51. The zero-order chi connectivity index (χ0) is 19.8. The molecule has 27 heavy (non-hydrogen) atoms. The van der Waals surface area contributed by atoms with Crippen molar-refractivity contribution in [3.8, 4) is 0 Å². The maximum atomic E-state index is 12.4. The number of nitrogens with one attached hydrogen (secondary N) is 3. The van der Waals surface area contributed by atoms with Crippen LogP contribution in [-0.4, -0.2) is 32.5 Å². The highest BCUT2D eigenvalue weighted by molar-refractivity contribution is 7.90. The third-order valence-corrected chi connectivity index (χ3v) is 5.42. The lowest BCUT2D eigenvalue weighted by Gasteiger charge is -2.21. The first kappa shape index (κ1) is 18.6. The molecule has 2 aromatic rings. The van der Waals surface area contributed by atoms with Crippen molar-refractivity contribution in [3.63, 3.8) is 0 Å². The zero-order valence-corrected chi connectivity index (χ0v) is 15.4. The monoisotopic (exact) mass is 387 g/mol. The minimum Gasteiger partial charge on any atom is -0.322 e. The van der Waals surface area contributed by atoms with E-state index in [0.717, 1.165) is 6.26 Å². The van der Waals surface area contributed by atoms with Gasteiger partial charge in [0.05, 0.1) is 4.90 Å². The van der Waals surface area contributed by atoms with E-state index in [1.54, 1.807) is 31.2 Å². The van der Waals surface area contributed by atoms with Crippen molar-refractivity contribution in [3.05, 3.63) is 59.7 Å². The predicted molar refractivity (Wildman–Crippen MR) is 98.0 cm³/mol. The normalized spacial score (nSPS) is 19.3. The molecule has 0 bridgehead atoms. The summed E-state index contributed by atoms with van der Waals surface area (Å²) in [5, 5.41) is 7.43. The molecule has 140 valence electrons. The molecule has 3 rings (SSSR count). The van der Waals surface area contributed by atoms with Gasteiger partial charge in [-0.15, -0.1) is 0 Å². The number of rotatable bonds is 4. The van der Waals surface area contributed by atoms with Gasteiger partial charge < -0.3 is 10.6 Å². The average Bonchev–Trinajstić information content (AvgIpc) is 2.87. The smallest absolute Gasteiger partial charge is 0.322 e. The largest absolute Gasteiger partial charge is 0.322 e. The maximum absolute atomic E-state index is 12.4. The number of carbonyl (C=O) groups excluding carboxylic acids is 3. The number of sulfone groups is 1. The van der Waals surface area contributed by atoms with E-state index < -0.39 is 33.2 Å². The van der Waals surface area contributed by atoms with Gasteiger partial charge in [-0.05, 0) is 48.9 Å². The standard InChI is InChI=1S/C18H17N3O5S/c1-18(16(23)20-17(24)21-18)12-4-3-5-13(10-12)19-15(22)11-6-8-14(9-7-11)27(2,25)26/h3-10H,1-2H3,(H,19,22)(H2,20,21,23,24)/t18-/m0/s1. The van der Waals surface area contributed by atoms with E-state index in [1.165, 1.54) is 24.3 Å². The minimum atomic E-state index is -3.34. The molecule has 1 fully saturated rings. The lowest BCUT2D eigenvalue weighted by Crippen LogP contribution is -2.40. The van der Waals surface area contributed by atoms with E-state index in [-0.39, 0.29) is 10.5 Å². The van der Waals surface area contributed by atoms with Crippen molar-refractivity contribution in [2.24, 2.45) is 0 Å². The first-order chi connectivity index (χ1) is 12.6. The Labute approximate surface area is 155 Å². The zero-order valence-electron chi connectivity index (χ0n) is 14.6. The van der Waals surface area contributed by atoms with E-state index in [2.05, 4.69) is 16.0 Å². The first-order valence-corrected chi connectivity index (χ1v) is 9.84. The Kier molecular flexibility index (Phi) is 4.48. The summed E-state index contributed by atoms with van der Waals surface area (Å²) >= 11 is 0. The molecular formula is C18H17N3O5S. The van der Waals surface area contributed by atoms with Gasteiger partial charge in [0.15, 0.2) is 9.84 Å². The summed E-state index contributed by atoms with van der Waals surface area (Å²) < 4.78 is 23.0. The van der Waals surface area contributed by atoms with Gasteiger partial charge in [0.25, 0.3) is 11.8 Å². The summed E-state index contributed by atoms with van der Waals surface area (Å²) in [5.41, 5.74) is -0.00328. The van der Waals surface area contributed by atoms with Crippen LogP contribution in [0.2, 0.25) is 0 Å². The molecule has 0 radical (unpaired) electrons. The highest BCUT2D eigenvalue weighted by Crippen LogP contribution is 2.26. The molecule has 1 aliphatic heterocycles. The van der Waals surface area contributed by atoms with Gasteiger partial charge in [-0.25, -0.2) is 13.2 Å². The van der Waals surface area contributed by atoms with Crippen molar-refractivity contribution in [2.45, 2.75) is 17.4 Å². The summed E-state index contributed by atoms with van der Waals surface area (Å²) in [6.07, 6.45) is 1.09. The number of amides is 4. The fourth-order valence-electron chi connectivity index (χ4n) is 2.71.